The highest BCUT2D eigenvalue weighted by Crippen LogP contribution is 2.28. The van der Waals surface area contributed by atoms with Crippen molar-refractivity contribution in [2.24, 2.45) is 10.9 Å². The van der Waals surface area contributed by atoms with Gasteiger partial charge in [0.1, 0.15) is 0 Å². The molecule has 0 spiro atoms. The minimum atomic E-state index is 0.594. The zero-order valence-corrected chi connectivity index (χ0v) is 13.3. The van der Waals surface area contributed by atoms with Crippen molar-refractivity contribution >= 4 is 16.9 Å². The van der Waals surface area contributed by atoms with E-state index in [9.17, 15) is 0 Å². The van der Waals surface area contributed by atoms with E-state index in [-0.39, 0.29) is 0 Å². The number of aromatic nitrogens is 1. The van der Waals surface area contributed by atoms with Crippen molar-refractivity contribution in [3.63, 3.8) is 0 Å². The first-order valence-corrected chi connectivity index (χ1v) is 8.15. The van der Waals surface area contributed by atoms with Crippen LogP contribution in [0.5, 0.6) is 0 Å². The lowest BCUT2D eigenvalue weighted by molar-refractivity contribution is 0.765. The first kappa shape index (κ1) is 14.8. The standard InChI is InChI=1S/C18H24N4/c1-3-19-18(22-16-12-13(16)2)21-11-9-15-7-4-6-14-8-5-10-20-17(14)15/h4-8,10,13,16H,3,9,11-12H2,1-2H3,(H2,19,21,22). The number of guanidine groups is 1. The van der Waals surface area contributed by atoms with Gasteiger partial charge in [0.2, 0.25) is 0 Å². The van der Waals surface area contributed by atoms with Gasteiger partial charge in [0.05, 0.1) is 5.52 Å². The number of nitrogens with zero attached hydrogens (tertiary/aromatic N) is 2. The van der Waals surface area contributed by atoms with Gasteiger partial charge in [-0.15, -0.1) is 0 Å². The molecule has 1 saturated carbocycles. The summed E-state index contributed by atoms with van der Waals surface area (Å²) in [6.45, 7) is 6.03. The molecule has 3 rings (SSSR count). The van der Waals surface area contributed by atoms with Crippen LogP contribution in [0.3, 0.4) is 0 Å². The van der Waals surface area contributed by atoms with Crippen LogP contribution in [0.1, 0.15) is 25.8 Å². The van der Waals surface area contributed by atoms with Crippen LogP contribution in [0, 0.1) is 5.92 Å². The Hall–Kier alpha value is -2.10. The second kappa shape index (κ2) is 6.77. The number of rotatable bonds is 5. The fourth-order valence-corrected chi connectivity index (χ4v) is 2.68. The van der Waals surface area contributed by atoms with Crippen LogP contribution in [0.15, 0.2) is 41.5 Å². The van der Waals surface area contributed by atoms with Gasteiger partial charge in [0.15, 0.2) is 5.96 Å². The van der Waals surface area contributed by atoms with Crippen LogP contribution in [-0.2, 0) is 6.42 Å². The zero-order chi connectivity index (χ0) is 15.4. The van der Waals surface area contributed by atoms with Crippen molar-refractivity contribution in [1.29, 1.82) is 0 Å². The highest BCUT2D eigenvalue weighted by atomic mass is 15.2. The Morgan fingerprint density at radius 3 is 2.91 bits per heavy atom. The molecular weight excluding hydrogens is 272 g/mol. The predicted molar refractivity (Wildman–Crippen MR) is 92.1 cm³/mol. The van der Waals surface area contributed by atoms with Crippen LogP contribution in [-0.4, -0.2) is 30.1 Å². The van der Waals surface area contributed by atoms with Crippen molar-refractivity contribution in [3.8, 4) is 0 Å². The molecule has 2 aromatic rings. The van der Waals surface area contributed by atoms with Crippen molar-refractivity contribution in [2.75, 3.05) is 13.1 Å². The molecule has 22 heavy (non-hydrogen) atoms. The summed E-state index contributed by atoms with van der Waals surface area (Å²) < 4.78 is 0. The van der Waals surface area contributed by atoms with E-state index in [2.05, 4.69) is 53.7 Å². The minimum absolute atomic E-state index is 0.594. The number of nitrogens with one attached hydrogen (secondary N) is 2. The van der Waals surface area contributed by atoms with Crippen molar-refractivity contribution in [2.45, 2.75) is 32.7 Å². The number of fused-ring (bicyclic) bond motifs is 1. The van der Waals surface area contributed by atoms with E-state index in [0.29, 0.717) is 6.04 Å². The molecule has 4 nitrogen and oxygen atoms in total. The van der Waals surface area contributed by atoms with Gasteiger partial charge in [0, 0.05) is 30.7 Å². The number of aliphatic imine (C=N–C) groups is 1. The number of pyridine rings is 1. The first-order chi connectivity index (χ1) is 10.8. The van der Waals surface area contributed by atoms with E-state index in [4.69, 9.17) is 4.99 Å². The molecule has 0 saturated heterocycles. The van der Waals surface area contributed by atoms with Gasteiger partial charge < -0.3 is 10.6 Å². The normalized spacial score (nSPS) is 20.9. The second-order valence-corrected chi connectivity index (χ2v) is 5.97. The Kier molecular flexibility index (Phi) is 4.56. The molecular formula is C18H24N4. The van der Waals surface area contributed by atoms with Gasteiger partial charge >= 0.3 is 0 Å². The number of benzene rings is 1. The van der Waals surface area contributed by atoms with E-state index < -0.39 is 0 Å². The summed E-state index contributed by atoms with van der Waals surface area (Å²) in [5, 5.41) is 8.00. The SMILES string of the molecule is CCNC(=NCCc1cccc2cccnc12)NC1CC1C. The Bertz CT molecular complexity index is 660. The van der Waals surface area contributed by atoms with Gasteiger partial charge in [-0.1, -0.05) is 31.2 Å². The molecule has 1 aromatic heterocycles. The number of hydrogen-bond acceptors (Lipinski definition) is 2. The highest BCUT2D eigenvalue weighted by Gasteiger charge is 2.33. The summed E-state index contributed by atoms with van der Waals surface area (Å²) in [4.78, 5) is 9.20. The smallest absolute Gasteiger partial charge is 0.191 e. The maximum Gasteiger partial charge on any atom is 0.191 e. The Morgan fingerprint density at radius 2 is 2.14 bits per heavy atom. The third kappa shape index (κ3) is 3.56. The summed E-state index contributed by atoms with van der Waals surface area (Å²) >= 11 is 0. The van der Waals surface area contributed by atoms with Crippen molar-refractivity contribution in [1.82, 2.24) is 15.6 Å². The Balaban J connectivity index is 1.65. The topological polar surface area (TPSA) is 49.3 Å². The van der Waals surface area contributed by atoms with E-state index >= 15 is 0 Å². The molecule has 1 heterocycles. The van der Waals surface area contributed by atoms with Crippen LogP contribution in [0.4, 0.5) is 0 Å². The lowest BCUT2D eigenvalue weighted by atomic mass is 10.1. The fourth-order valence-electron chi connectivity index (χ4n) is 2.68. The van der Waals surface area contributed by atoms with Crippen molar-refractivity contribution in [3.05, 3.63) is 42.1 Å². The summed E-state index contributed by atoms with van der Waals surface area (Å²) in [7, 11) is 0. The average molecular weight is 296 g/mol. The highest BCUT2D eigenvalue weighted by molar-refractivity contribution is 5.82. The molecule has 2 atom stereocenters. The Labute approximate surface area is 132 Å². The molecule has 0 amide bonds. The quantitative estimate of drug-likeness (QED) is 0.659. The number of para-hydroxylation sites is 1. The molecule has 1 fully saturated rings. The largest absolute Gasteiger partial charge is 0.357 e. The molecule has 0 bridgehead atoms. The number of hydrogen-bond donors (Lipinski definition) is 2. The lowest BCUT2D eigenvalue weighted by Crippen LogP contribution is -2.39. The maximum absolute atomic E-state index is 4.70. The molecule has 1 aliphatic carbocycles. The van der Waals surface area contributed by atoms with Gasteiger partial charge in [-0.25, -0.2) is 0 Å². The monoisotopic (exact) mass is 296 g/mol. The van der Waals surface area contributed by atoms with Gasteiger partial charge in [-0.3, -0.25) is 9.98 Å². The molecule has 1 aliphatic rings. The third-order valence-electron chi connectivity index (χ3n) is 4.14. The Morgan fingerprint density at radius 1 is 1.32 bits per heavy atom. The molecule has 1 aromatic carbocycles. The van der Waals surface area contributed by atoms with Gasteiger partial charge in [-0.05, 0) is 37.3 Å². The first-order valence-electron chi connectivity index (χ1n) is 8.15. The third-order valence-corrected chi connectivity index (χ3v) is 4.14. The summed E-state index contributed by atoms with van der Waals surface area (Å²) in [6.07, 6.45) is 4.01. The summed E-state index contributed by atoms with van der Waals surface area (Å²) in [5.74, 6) is 1.70. The molecule has 116 valence electrons. The van der Waals surface area contributed by atoms with E-state index in [1.807, 2.05) is 12.3 Å². The molecule has 2 N–H and O–H groups in total. The second-order valence-electron chi connectivity index (χ2n) is 5.97. The van der Waals surface area contributed by atoms with Crippen molar-refractivity contribution < 1.29 is 0 Å². The van der Waals surface area contributed by atoms with Gasteiger partial charge in [-0.2, -0.15) is 0 Å². The van der Waals surface area contributed by atoms with Crippen LogP contribution >= 0.6 is 0 Å². The molecule has 4 heteroatoms. The average Bonchev–Trinajstić information content (AvgIpc) is 3.22. The molecule has 0 radical (unpaired) electrons. The summed E-state index contributed by atoms with van der Waals surface area (Å²) in [6, 6.07) is 11.0. The van der Waals surface area contributed by atoms with E-state index in [0.717, 1.165) is 36.9 Å². The van der Waals surface area contributed by atoms with E-state index in [1.54, 1.807) is 0 Å². The lowest BCUT2D eigenvalue weighted by Gasteiger charge is -2.11. The maximum atomic E-state index is 4.70. The molecule has 0 aliphatic heterocycles. The van der Waals surface area contributed by atoms with Crippen LogP contribution in [0.2, 0.25) is 0 Å². The zero-order valence-electron chi connectivity index (χ0n) is 13.3. The van der Waals surface area contributed by atoms with Crippen LogP contribution in [0.25, 0.3) is 10.9 Å². The van der Waals surface area contributed by atoms with Crippen LogP contribution < -0.4 is 10.6 Å². The van der Waals surface area contributed by atoms with E-state index in [1.165, 1.54) is 17.4 Å². The predicted octanol–water partition coefficient (Wildman–Crippen LogP) is 2.74. The molecule has 2 unspecified atom stereocenters. The summed E-state index contributed by atoms with van der Waals surface area (Å²) in [5.41, 5.74) is 2.35. The fraction of sp³-hybridized carbons (Fsp3) is 0.444. The van der Waals surface area contributed by atoms with Gasteiger partial charge in [0.25, 0.3) is 0 Å². The minimum Gasteiger partial charge on any atom is -0.357 e.